The molecule has 4 rings (SSSR count). The summed E-state index contributed by atoms with van der Waals surface area (Å²) in [6.07, 6.45) is 7.70. The molecule has 0 N–H and O–H groups in total. The molecule has 0 fully saturated rings. The van der Waals surface area contributed by atoms with E-state index in [0.717, 1.165) is 16.8 Å². The molecule has 3 nitrogen and oxygen atoms in total. The van der Waals surface area contributed by atoms with Gasteiger partial charge in [0, 0.05) is 15.7 Å². The Hall–Kier alpha value is -2.40. The second-order valence-electron chi connectivity index (χ2n) is 7.27. The van der Waals surface area contributed by atoms with Crippen molar-refractivity contribution in [2.75, 3.05) is 0 Å². The summed E-state index contributed by atoms with van der Waals surface area (Å²) in [6, 6.07) is 15.0. The van der Waals surface area contributed by atoms with Gasteiger partial charge in [-0.1, -0.05) is 70.9 Å². The van der Waals surface area contributed by atoms with Gasteiger partial charge in [0.1, 0.15) is 0 Å². The number of fused-ring (bicyclic) bond motifs is 1. The van der Waals surface area contributed by atoms with E-state index in [1.54, 1.807) is 4.57 Å². The normalized spacial score (nSPS) is 15.9. The Kier molecular flexibility index (Phi) is 5.34. The second-order valence-corrected chi connectivity index (χ2v) is 9.13. The van der Waals surface area contributed by atoms with Gasteiger partial charge in [-0.25, -0.2) is 4.99 Å². The molecule has 6 heteroatoms. The van der Waals surface area contributed by atoms with Gasteiger partial charge in [-0.3, -0.25) is 9.36 Å². The summed E-state index contributed by atoms with van der Waals surface area (Å²) in [6.45, 7) is 4.04. The molecule has 0 atom stereocenters. The molecular weight excluding hydrogens is 423 g/mol. The minimum absolute atomic E-state index is 0.0886. The van der Waals surface area contributed by atoms with E-state index in [2.05, 4.69) is 0 Å². The minimum Gasteiger partial charge on any atom is -0.267 e. The van der Waals surface area contributed by atoms with E-state index in [-0.39, 0.29) is 5.56 Å². The Morgan fingerprint density at radius 1 is 1.03 bits per heavy atom. The van der Waals surface area contributed by atoms with E-state index in [9.17, 15) is 4.79 Å². The molecule has 146 valence electrons. The highest BCUT2D eigenvalue weighted by atomic mass is 35.5. The van der Waals surface area contributed by atoms with Gasteiger partial charge in [-0.05, 0) is 61.4 Å². The maximum Gasteiger partial charge on any atom is 0.274 e. The molecule has 0 saturated heterocycles. The van der Waals surface area contributed by atoms with Gasteiger partial charge < -0.3 is 0 Å². The van der Waals surface area contributed by atoms with E-state index in [1.807, 2.05) is 86.7 Å². The first kappa shape index (κ1) is 19.9. The third-order valence-electron chi connectivity index (χ3n) is 4.46. The van der Waals surface area contributed by atoms with E-state index in [0.29, 0.717) is 19.4 Å². The third kappa shape index (κ3) is 4.30. The zero-order chi connectivity index (χ0) is 20.6. The van der Waals surface area contributed by atoms with Crippen LogP contribution in [0.5, 0.6) is 0 Å². The standard InChI is InChI=1S/C23H18Cl2N2OS/c1-23(2)14-18(12-9-16-5-3-4-6-19(16)25)27-21(28)20(29-22(27)26-23)13-15-7-10-17(24)11-8-15/h3-14H,1-2H3. The Bertz CT molecular complexity index is 1310. The smallest absolute Gasteiger partial charge is 0.267 e. The van der Waals surface area contributed by atoms with Gasteiger partial charge in [0.2, 0.25) is 0 Å². The Balaban J connectivity index is 1.84. The van der Waals surface area contributed by atoms with Gasteiger partial charge in [0.05, 0.1) is 10.1 Å². The van der Waals surface area contributed by atoms with E-state index < -0.39 is 5.54 Å². The summed E-state index contributed by atoms with van der Waals surface area (Å²) < 4.78 is 2.28. The van der Waals surface area contributed by atoms with Crippen molar-refractivity contribution in [1.82, 2.24) is 4.57 Å². The molecule has 0 radical (unpaired) electrons. The first-order chi connectivity index (χ1) is 13.8. The predicted octanol–water partition coefficient (Wildman–Crippen LogP) is 5.01. The zero-order valence-corrected chi connectivity index (χ0v) is 18.2. The van der Waals surface area contributed by atoms with Gasteiger partial charge >= 0.3 is 0 Å². The van der Waals surface area contributed by atoms with Gasteiger partial charge in [-0.2, -0.15) is 0 Å². The van der Waals surface area contributed by atoms with Crippen molar-refractivity contribution in [1.29, 1.82) is 0 Å². The third-order valence-corrected chi connectivity index (χ3v) is 6.02. The lowest BCUT2D eigenvalue weighted by Gasteiger charge is -2.20. The summed E-state index contributed by atoms with van der Waals surface area (Å²) in [5, 5.41) is 1.33. The lowest BCUT2D eigenvalue weighted by atomic mass is 10.0. The fourth-order valence-corrected chi connectivity index (χ4v) is 4.56. The summed E-state index contributed by atoms with van der Waals surface area (Å²) in [5.74, 6) is 0. The molecule has 0 spiro atoms. The number of rotatable bonds is 3. The maximum absolute atomic E-state index is 13.1. The topological polar surface area (TPSA) is 34.4 Å². The molecule has 1 aliphatic heterocycles. The van der Waals surface area contributed by atoms with Crippen molar-refractivity contribution in [3.8, 4) is 0 Å². The molecule has 2 aromatic carbocycles. The first-order valence-electron chi connectivity index (χ1n) is 9.07. The van der Waals surface area contributed by atoms with Gasteiger partial charge in [0.15, 0.2) is 4.80 Å². The van der Waals surface area contributed by atoms with Crippen LogP contribution in [0.1, 0.15) is 25.0 Å². The van der Waals surface area contributed by atoms with Crippen LogP contribution in [0.25, 0.3) is 17.8 Å². The van der Waals surface area contributed by atoms with Gasteiger partial charge in [-0.15, -0.1) is 0 Å². The van der Waals surface area contributed by atoms with Crippen LogP contribution >= 0.6 is 34.5 Å². The molecule has 2 heterocycles. The molecule has 1 aromatic heterocycles. The first-order valence-corrected chi connectivity index (χ1v) is 10.6. The van der Waals surface area contributed by atoms with Crippen molar-refractivity contribution in [2.24, 2.45) is 4.99 Å². The van der Waals surface area contributed by atoms with Crippen molar-refractivity contribution in [2.45, 2.75) is 19.4 Å². The monoisotopic (exact) mass is 440 g/mol. The minimum atomic E-state index is -0.408. The summed E-state index contributed by atoms with van der Waals surface area (Å²) in [5.41, 5.74) is 2.11. The number of benzene rings is 2. The van der Waals surface area contributed by atoms with Crippen LogP contribution in [0, 0.1) is 0 Å². The maximum atomic E-state index is 13.1. The predicted molar refractivity (Wildman–Crippen MR) is 123 cm³/mol. The summed E-state index contributed by atoms with van der Waals surface area (Å²) in [7, 11) is 0. The SMILES string of the molecule is CC1(C)C=C(C=Cc2ccccc2Cl)n2c(sc(=Cc3ccc(Cl)cc3)c2=O)=N1. The van der Waals surface area contributed by atoms with Crippen LogP contribution < -0.4 is 14.9 Å². The Morgan fingerprint density at radius 3 is 2.48 bits per heavy atom. The van der Waals surface area contributed by atoms with Crippen LogP contribution in [0.15, 0.2) is 70.5 Å². The number of allylic oxidation sites excluding steroid dienone is 2. The van der Waals surface area contributed by atoms with E-state index >= 15 is 0 Å². The molecule has 0 saturated carbocycles. The van der Waals surface area contributed by atoms with Crippen molar-refractivity contribution < 1.29 is 0 Å². The average Bonchev–Trinajstić information content (AvgIpc) is 2.97. The lowest BCUT2D eigenvalue weighted by molar-refractivity contribution is 0.613. The van der Waals surface area contributed by atoms with E-state index in [4.69, 9.17) is 28.2 Å². The number of aromatic nitrogens is 1. The Labute approximate surface area is 182 Å². The highest BCUT2D eigenvalue weighted by molar-refractivity contribution is 7.07. The number of hydrogen-bond donors (Lipinski definition) is 0. The molecule has 1 aliphatic rings. The molecule has 0 aliphatic carbocycles. The van der Waals surface area contributed by atoms with E-state index in [1.165, 1.54) is 11.3 Å². The Morgan fingerprint density at radius 2 is 1.76 bits per heavy atom. The summed E-state index contributed by atoms with van der Waals surface area (Å²) in [4.78, 5) is 18.6. The number of hydrogen-bond acceptors (Lipinski definition) is 3. The number of nitrogens with zero attached hydrogens (tertiary/aromatic N) is 2. The second kappa shape index (κ2) is 7.79. The lowest BCUT2D eigenvalue weighted by Crippen LogP contribution is -2.35. The quantitative estimate of drug-likeness (QED) is 0.563. The number of thiazole rings is 1. The molecule has 0 unspecified atom stereocenters. The van der Waals surface area contributed by atoms with Crippen LogP contribution in [-0.4, -0.2) is 10.1 Å². The van der Waals surface area contributed by atoms with Crippen LogP contribution in [0.3, 0.4) is 0 Å². The average molecular weight is 441 g/mol. The van der Waals surface area contributed by atoms with Gasteiger partial charge in [0.25, 0.3) is 5.56 Å². The highest BCUT2D eigenvalue weighted by Gasteiger charge is 2.22. The molecule has 3 aromatic rings. The van der Waals surface area contributed by atoms with Crippen molar-refractivity contribution >= 4 is 52.4 Å². The van der Waals surface area contributed by atoms with Crippen LogP contribution in [-0.2, 0) is 0 Å². The fraction of sp³-hybridized carbons (Fsp3) is 0.130. The fourth-order valence-electron chi connectivity index (χ4n) is 3.10. The molecular formula is C23H18Cl2N2OS. The number of halogens is 2. The molecule has 0 amide bonds. The zero-order valence-electron chi connectivity index (χ0n) is 15.9. The largest absolute Gasteiger partial charge is 0.274 e. The van der Waals surface area contributed by atoms with Crippen molar-refractivity contribution in [3.63, 3.8) is 0 Å². The van der Waals surface area contributed by atoms with Crippen molar-refractivity contribution in [3.05, 3.63) is 102 Å². The highest BCUT2D eigenvalue weighted by Crippen LogP contribution is 2.22. The van der Waals surface area contributed by atoms with Crippen LogP contribution in [0.4, 0.5) is 0 Å². The summed E-state index contributed by atoms with van der Waals surface area (Å²) >= 11 is 13.6. The molecule has 0 bridgehead atoms. The van der Waals surface area contributed by atoms with Crippen LogP contribution in [0.2, 0.25) is 10.0 Å². The molecule has 29 heavy (non-hydrogen) atoms.